The van der Waals surface area contributed by atoms with Crippen molar-refractivity contribution in [1.29, 1.82) is 0 Å². The van der Waals surface area contributed by atoms with Crippen molar-refractivity contribution in [3.8, 4) is 0 Å². The third kappa shape index (κ3) is 2.38. The predicted octanol–water partition coefficient (Wildman–Crippen LogP) is 2.58. The van der Waals surface area contributed by atoms with Crippen molar-refractivity contribution < 1.29 is 5.11 Å². The van der Waals surface area contributed by atoms with Gasteiger partial charge >= 0.3 is 0 Å². The summed E-state index contributed by atoms with van der Waals surface area (Å²) >= 11 is 3.50. The van der Waals surface area contributed by atoms with E-state index < -0.39 is 0 Å². The van der Waals surface area contributed by atoms with Gasteiger partial charge in [-0.15, -0.1) is 0 Å². The summed E-state index contributed by atoms with van der Waals surface area (Å²) in [6, 6.07) is 2.21. The van der Waals surface area contributed by atoms with Crippen molar-refractivity contribution in [1.82, 2.24) is 4.98 Å². The summed E-state index contributed by atoms with van der Waals surface area (Å²) in [5.74, 6) is 0. The van der Waals surface area contributed by atoms with Crippen LogP contribution in [0.1, 0.15) is 25.7 Å². The number of aromatic nitrogens is 1. The molecule has 16 heavy (non-hydrogen) atoms. The molecule has 2 unspecified atom stereocenters. The van der Waals surface area contributed by atoms with Crippen LogP contribution < -0.4 is 4.90 Å². The Morgan fingerprint density at radius 1 is 1.44 bits per heavy atom. The lowest BCUT2D eigenvalue weighted by Gasteiger charge is -2.37. The molecule has 1 saturated carbocycles. The van der Waals surface area contributed by atoms with Crippen molar-refractivity contribution in [3.63, 3.8) is 0 Å². The van der Waals surface area contributed by atoms with Gasteiger partial charge in [0.2, 0.25) is 0 Å². The third-order valence-electron chi connectivity index (χ3n) is 3.32. The maximum atomic E-state index is 10.0. The number of likely N-dealkylation sites (N-methyl/N-ethyl adjacent to an activating group) is 1. The Bertz CT molecular complexity index is 359. The van der Waals surface area contributed by atoms with E-state index in [0.29, 0.717) is 0 Å². The Hall–Kier alpha value is -0.610. The molecule has 0 bridgehead atoms. The number of rotatable bonds is 2. The fraction of sp³-hybridized carbons (Fsp3) is 0.583. The highest BCUT2D eigenvalue weighted by atomic mass is 79.9. The van der Waals surface area contributed by atoms with Crippen LogP contribution in [-0.2, 0) is 0 Å². The van der Waals surface area contributed by atoms with Gasteiger partial charge in [-0.1, -0.05) is 12.8 Å². The second-order valence-corrected chi connectivity index (χ2v) is 5.21. The van der Waals surface area contributed by atoms with E-state index in [-0.39, 0.29) is 12.1 Å². The molecule has 0 spiro atoms. The molecule has 0 amide bonds. The summed E-state index contributed by atoms with van der Waals surface area (Å²) in [6.45, 7) is 0. The van der Waals surface area contributed by atoms with Crippen molar-refractivity contribution in [2.75, 3.05) is 11.9 Å². The second kappa shape index (κ2) is 5.15. The average molecular weight is 285 g/mol. The molecule has 1 N–H and O–H groups in total. The molecular weight excluding hydrogens is 268 g/mol. The first kappa shape index (κ1) is 11.9. The third-order valence-corrected chi connectivity index (χ3v) is 3.93. The largest absolute Gasteiger partial charge is 0.391 e. The smallest absolute Gasteiger partial charge is 0.0743 e. The van der Waals surface area contributed by atoms with Crippen LogP contribution in [0.5, 0.6) is 0 Å². The topological polar surface area (TPSA) is 36.4 Å². The molecule has 1 fully saturated rings. The molecule has 1 aromatic heterocycles. The number of hydrogen-bond donors (Lipinski definition) is 1. The van der Waals surface area contributed by atoms with Gasteiger partial charge in [0.15, 0.2) is 0 Å². The zero-order valence-electron chi connectivity index (χ0n) is 9.43. The lowest BCUT2D eigenvalue weighted by molar-refractivity contribution is 0.106. The molecule has 0 saturated heterocycles. The van der Waals surface area contributed by atoms with Crippen LogP contribution in [0.2, 0.25) is 0 Å². The summed E-state index contributed by atoms with van der Waals surface area (Å²) < 4.78 is 0.982. The molecule has 1 aliphatic carbocycles. The number of halogens is 1. The first-order valence-corrected chi connectivity index (χ1v) is 6.50. The highest BCUT2D eigenvalue weighted by molar-refractivity contribution is 9.10. The van der Waals surface area contributed by atoms with Gasteiger partial charge in [0.05, 0.1) is 22.3 Å². The average Bonchev–Trinajstić information content (AvgIpc) is 2.29. The zero-order valence-corrected chi connectivity index (χ0v) is 11.0. The Morgan fingerprint density at radius 3 is 2.88 bits per heavy atom. The maximum absolute atomic E-state index is 10.0. The number of aliphatic hydroxyl groups is 1. The summed E-state index contributed by atoms with van der Waals surface area (Å²) in [5, 5.41) is 10.0. The highest BCUT2D eigenvalue weighted by Crippen LogP contribution is 2.30. The molecule has 0 aromatic carbocycles. The highest BCUT2D eigenvalue weighted by Gasteiger charge is 2.27. The van der Waals surface area contributed by atoms with Crippen LogP contribution in [0, 0.1) is 0 Å². The predicted molar refractivity (Wildman–Crippen MR) is 68.6 cm³/mol. The molecule has 0 radical (unpaired) electrons. The van der Waals surface area contributed by atoms with Crippen molar-refractivity contribution in [2.24, 2.45) is 0 Å². The second-order valence-electron chi connectivity index (χ2n) is 4.36. The summed E-state index contributed by atoms with van der Waals surface area (Å²) in [6.07, 6.45) is 7.69. The summed E-state index contributed by atoms with van der Waals surface area (Å²) in [7, 11) is 2.04. The Kier molecular flexibility index (Phi) is 3.82. The molecule has 1 aliphatic rings. The van der Waals surface area contributed by atoms with Crippen LogP contribution >= 0.6 is 15.9 Å². The van der Waals surface area contributed by atoms with Gasteiger partial charge in [0.1, 0.15) is 0 Å². The first-order valence-electron chi connectivity index (χ1n) is 5.70. The van der Waals surface area contributed by atoms with Gasteiger partial charge in [0.25, 0.3) is 0 Å². The van der Waals surface area contributed by atoms with Crippen molar-refractivity contribution in [3.05, 3.63) is 22.9 Å². The lowest BCUT2D eigenvalue weighted by Crippen LogP contribution is -2.43. The van der Waals surface area contributed by atoms with Crippen LogP contribution in [-0.4, -0.2) is 29.3 Å². The van der Waals surface area contributed by atoms with Crippen LogP contribution in [0.3, 0.4) is 0 Å². The van der Waals surface area contributed by atoms with Gasteiger partial charge in [-0.25, -0.2) is 0 Å². The van der Waals surface area contributed by atoms with Crippen LogP contribution in [0.15, 0.2) is 22.9 Å². The molecule has 4 heteroatoms. The molecule has 88 valence electrons. The normalized spacial score (nSPS) is 25.4. The van der Waals surface area contributed by atoms with Gasteiger partial charge in [0, 0.05) is 19.4 Å². The number of anilines is 1. The molecule has 1 heterocycles. The monoisotopic (exact) mass is 284 g/mol. The van der Waals surface area contributed by atoms with Crippen molar-refractivity contribution >= 4 is 21.6 Å². The molecule has 3 nitrogen and oxygen atoms in total. The quantitative estimate of drug-likeness (QED) is 0.907. The fourth-order valence-corrected chi connectivity index (χ4v) is 2.91. The van der Waals surface area contributed by atoms with E-state index in [0.717, 1.165) is 29.4 Å². The van der Waals surface area contributed by atoms with Crippen molar-refractivity contribution in [2.45, 2.75) is 37.8 Å². The van der Waals surface area contributed by atoms with Crippen LogP contribution in [0.25, 0.3) is 0 Å². The number of hydrogen-bond acceptors (Lipinski definition) is 3. The van der Waals surface area contributed by atoms with E-state index in [9.17, 15) is 5.11 Å². The SMILES string of the molecule is CN(c1ccncc1Br)C1CCCCC1O. The first-order chi connectivity index (χ1) is 7.70. The van der Waals surface area contributed by atoms with Gasteiger partial charge < -0.3 is 10.0 Å². The van der Waals surface area contributed by atoms with Crippen LogP contribution in [0.4, 0.5) is 5.69 Å². The fourth-order valence-electron chi connectivity index (χ4n) is 2.38. The Morgan fingerprint density at radius 2 is 2.19 bits per heavy atom. The minimum Gasteiger partial charge on any atom is -0.391 e. The van der Waals surface area contributed by atoms with E-state index >= 15 is 0 Å². The minimum atomic E-state index is -0.209. The number of pyridine rings is 1. The van der Waals surface area contributed by atoms with E-state index in [1.165, 1.54) is 6.42 Å². The summed E-state index contributed by atoms with van der Waals surface area (Å²) in [4.78, 5) is 6.22. The molecular formula is C12H17BrN2O. The molecule has 1 aromatic rings. The number of aliphatic hydroxyl groups excluding tert-OH is 1. The minimum absolute atomic E-state index is 0.209. The standard InChI is InChI=1S/C12H17BrN2O/c1-15(10-6-7-14-8-9(10)13)11-4-2-3-5-12(11)16/h6-8,11-12,16H,2-5H2,1H3. The summed E-state index contributed by atoms with van der Waals surface area (Å²) in [5.41, 5.74) is 1.10. The van der Waals surface area contributed by atoms with Gasteiger partial charge in [-0.3, -0.25) is 4.98 Å². The Balaban J connectivity index is 2.17. The lowest BCUT2D eigenvalue weighted by atomic mass is 9.91. The van der Waals surface area contributed by atoms with E-state index in [4.69, 9.17) is 0 Å². The molecule has 2 rings (SSSR count). The number of nitrogens with zero attached hydrogens (tertiary/aromatic N) is 2. The zero-order chi connectivity index (χ0) is 11.5. The Labute approximate surface area is 105 Å². The molecule has 2 atom stereocenters. The van der Waals surface area contributed by atoms with E-state index in [1.54, 1.807) is 12.4 Å². The van der Waals surface area contributed by atoms with Gasteiger partial charge in [-0.05, 0) is 34.8 Å². The van der Waals surface area contributed by atoms with E-state index in [1.807, 2.05) is 13.1 Å². The van der Waals surface area contributed by atoms with Gasteiger partial charge in [-0.2, -0.15) is 0 Å². The van der Waals surface area contributed by atoms with E-state index in [2.05, 4.69) is 25.8 Å². The maximum Gasteiger partial charge on any atom is 0.0743 e. The molecule has 0 aliphatic heterocycles.